The van der Waals surface area contributed by atoms with Crippen LogP contribution in [0.1, 0.15) is 21.5 Å². The summed E-state index contributed by atoms with van der Waals surface area (Å²) in [7, 11) is -2.82. The molecule has 0 aliphatic carbocycles. The zero-order valence-corrected chi connectivity index (χ0v) is 21.0. The minimum Gasteiger partial charge on any atom is -0.365 e. The fourth-order valence-electron chi connectivity index (χ4n) is 3.41. The predicted octanol–water partition coefficient (Wildman–Crippen LogP) is 2.92. The minimum atomic E-state index is -3.99. The molecular formula is C21H18F2IN7O3S. The van der Waals surface area contributed by atoms with Gasteiger partial charge in [0.05, 0.1) is 23.0 Å². The van der Waals surface area contributed by atoms with E-state index in [0.29, 0.717) is 14.7 Å². The third-order valence-corrected chi connectivity index (χ3v) is 6.75. The van der Waals surface area contributed by atoms with Crippen LogP contribution >= 0.6 is 22.6 Å². The van der Waals surface area contributed by atoms with E-state index >= 15 is 4.39 Å². The predicted molar refractivity (Wildman–Crippen MR) is 135 cm³/mol. The van der Waals surface area contributed by atoms with Crippen LogP contribution in [0.25, 0.3) is 5.52 Å². The molecule has 0 saturated heterocycles. The number of rotatable bonds is 8. The van der Waals surface area contributed by atoms with Crippen molar-refractivity contribution >= 4 is 61.5 Å². The first-order valence-electron chi connectivity index (χ1n) is 9.94. The van der Waals surface area contributed by atoms with E-state index in [1.54, 1.807) is 6.07 Å². The Hall–Kier alpha value is -3.37. The Morgan fingerprint density at radius 2 is 1.97 bits per heavy atom. The van der Waals surface area contributed by atoms with E-state index in [4.69, 9.17) is 5.73 Å². The lowest BCUT2D eigenvalue weighted by atomic mass is 10.0. The minimum absolute atomic E-state index is 0.0222. The molecule has 10 nitrogen and oxygen atoms in total. The lowest BCUT2D eigenvalue weighted by Gasteiger charge is -2.17. The number of benzene rings is 1. The summed E-state index contributed by atoms with van der Waals surface area (Å²) in [5, 5.41) is 2.90. The SMILES string of the molecule is CNS(=O)(=O)Nc1nccc(Cc2cc(C(N)=O)c(Nc3ccc(I)cc3F)n3cncc23)c1F. The van der Waals surface area contributed by atoms with Crippen LogP contribution in [0.2, 0.25) is 0 Å². The van der Waals surface area contributed by atoms with E-state index in [-0.39, 0.29) is 29.1 Å². The van der Waals surface area contributed by atoms with Gasteiger partial charge in [-0.2, -0.15) is 8.42 Å². The summed E-state index contributed by atoms with van der Waals surface area (Å²) in [4.78, 5) is 20.2. The number of imidazole rings is 1. The summed E-state index contributed by atoms with van der Waals surface area (Å²) in [6.45, 7) is 0. The van der Waals surface area contributed by atoms with Crippen molar-refractivity contribution in [3.8, 4) is 0 Å². The van der Waals surface area contributed by atoms with Gasteiger partial charge in [0.1, 0.15) is 18.0 Å². The molecule has 0 radical (unpaired) electrons. The first-order chi connectivity index (χ1) is 16.6. The van der Waals surface area contributed by atoms with Crippen LogP contribution in [0.15, 0.2) is 49.1 Å². The number of hydrogen-bond donors (Lipinski definition) is 4. The zero-order chi connectivity index (χ0) is 25.3. The van der Waals surface area contributed by atoms with Gasteiger partial charge in [0, 0.05) is 23.2 Å². The van der Waals surface area contributed by atoms with Crippen LogP contribution in [0.4, 0.5) is 26.1 Å². The Kier molecular flexibility index (Phi) is 6.86. The van der Waals surface area contributed by atoms with E-state index < -0.39 is 33.6 Å². The van der Waals surface area contributed by atoms with Gasteiger partial charge >= 0.3 is 0 Å². The summed E-state index contributed by atoms with van der Waals surface area (Å²) < 4.78 is 59.3. The third kappa shape index (κ3) is 5.18. The smallest absolute Gasteiger partial charge is 0.300 e. The number of nitrogens with one attached hydrogen (secondary N) is 3. The normalized spacial score (nSPS) is 11.5. The molecule has 3 heterocycles. The van der Waals surface area contributed by atoms with Gasteiger partial charge in [-0.1, -0.05) is 0 Å². The Morgan fingerprint density at radius 3 is 2.66 bits per heavy atom. The van der Waals surface area contributed by atoms with Crippen molar-refractivity contribution in [2.45, 2.75) is 6.42 Å². The topological polar surface area (TPSA) is 144 Å². The number of nitrogens with zero attached hydrogens (tertiary/aromatic N) is 3. The maximum atomic E-state index is 15.1. The van der Waals surface area contributed by atoms with Crippen molar-refractivity contribution in [2.75, 3.05) is 17.1 Å². The number of anilines is 3. The molecular weight excluding hydrogens is 595 g/mol. The Bertz CT molecular complexity index is 1560. The lowest BCUT2D eigenvalue weighted by molar-refractivity contribution is 0.100. The molecule has 3 aromatic heterocycles. The quantitative estimate of drug-likeness (QED) is 0.225. The van der Waals surface area contributed by atoms with Crippen molar-refractivity contribution < 1.29 is 22.0 Å². The van der Waals surface area contributed by atoms with Crippen molar-refractivity contribution in [3.05, 3.63) is 80.9 Å². The molecule has 0 aliphatic rings. The monoisotopic (exact) mass is 613 g/mol. The standard InChI is InChI=1S/C21H18F2IN7O3S/c1-26-35(33,34)30-20-18(23)11(4-5-28-20)6-12-7-14(19(25)32)21(31-10-27-9-17(12)31)29-16-3-2-13(24)8-15(16)22/h2-5,7-10,26,29H,6H2,1H3,(H2,25,32)(H,28,30). The highest BCUT2D eigenvalue weighted by atomic mass is 127. The van der Waals surface area contributed by atoms with Crippen molar-refractivity contribution in [1.29, 1.82) is 0 Å². The van der Waals surface area contributed by atoms with Gasteiger partial charge in [0.15, 0.2) is 11.6 Å². The van der Waals surface area contributed by atoms with E-state index in [9.17, 15) is 17.6 Å². The molecule has 0 bridgehead atoms. The van der Waals surface area contributed by atoms with Crippen LogP contribution in [0.5, 0.6) is 0 Å². The first-order valence-corrected chi connectivity index (χ1v) is 12.5. The highest BCUT2D eigenvalue weighted by molar-refractivity contribution is 14.1. The maximum absolute atomic E-state index is 15.1. The average Bonchev–Trinajstić information content (AvgIpc) is 3.29. The number of primary amides is 1. The molecule has 5 N–H and O–H groups in total. The van der Waals surface area contributed by atoms with E-state index in [1.807, 2.05) is 32.0 Å². The molecule has 14 heteroatoms. The molecule has 35 heavy (non-hydrogen) atoms. The second-order valence-electron chi connectivity index (χ2n) is 7.31. The molecule has 182 valence electrons. The number of halogens is 3. The molecule has 4 rings (SSSR count). The molecule has 0 atom stereocenters. The Labute approximate surface area is 212 Å². The average molecular weight is 613 g/mol. The second-order valence-corrected chi connectivity index (χ2v) is 10.2. The molecule has 0 spiro atoms. The van der Waals surface area contributed by atoms with Crippen LogP contribution < -0.4 is 20.5 Å². The third-order valence-electron chi connectivity index (χ3n) is 5.08. The Morgan fingerprint density at radius 1 is 1.20 bits per heavy atom. The molecule has 1 aromatic carbocycles. The summed E-state index contributed by atoms with van der Waals surface area (Å²) in [6, 6.07) is 7.40. The van der Waals surface area contributed by atoms with Crippen molar-refractivity contribution in [2.24, 2.45) is 5.73 Å². The van der Waals surface area contributed by atoms with Gasteiger partial charge in [-0.25, -0.2) is 23.5 Å². The van der Waals surface area contributed by atoms with Crippen LogP contribution in [0, 0.1) is 15.2 Å². The summed E-state index contributed by atoms with van der Waals surface area (Å²) in [5.74, 6) is -2.50. The van der Waals surface area contributed by atoms with E-state index in [0.717, 1.165) is 0 Å². The van der Waals surface area contributed by atoms with E-state index in [1.165, 1.54) is 54.4 Å². The van der Waals surface area contributed by atoms with Gasteiger partial charge < -0.3 is 11.1 Å². The maximum Gasteiger partial charge on any atom is 0.300 e. The summed E-state index contributed by atoms with van der Waals surface area (Å²) in [5.41, 5.74) is 6.84. The van der Waals surface area contributed by atoms with Gasteiger partial charge in [-0.15, -0.1) is 0 Å². The fraction of sp³-hybridized carbons (Fsp3) is 0.0952. The lowest BCUT2D eigenvalue weighted by Crippen LogP contribution is -2.27. The molecule has 0 saturated carbocycles. The fourth-order valence-corrected chi connectivity index (χ4v) is 4.36. The molecule has 1 amide bonds. The van der Waals surface area contributed by atoms with Gasteiger partial charge in [0.25, 0.3) is 16.1 Å². The van der Waals surface area contributed by atoms with Crippen LogP contribution in [-0.2, 0) is 16.6 Å². The number of hydrogen-bond acceptors (Lipinski definition) is 6. The van der Waals surface area contributed by atoms with Gasteiger partial charge in [-0.3, -0.25) is 13.9 Å². The number of carbonyl (C=O) groups excluding carboxylic acids is 1. The van der Waals surface area contributed by atoms with Crippen molar-refractivity contribution in [1.82, 2.24) is 19.1 Å². The number of aromatic nitrogens is 3. The molecule has 0 fully saturated rings. The van der Waals surface area contributed by atoms with Gasteiger partial charge in [0.2, 0.25) is 0 Å². The number of amides is 1. The van der Waals surface area contributed by atoms with Gasteiger partial charge in [-0.05, 0) is 64.0 Å². The number of fused-ring (bicyclic) bond motifs is 1. The van der Waals surface area contributed by atoms with E-state index in [2.05, 4.69) is 15.3 Å². The zero-order valence-electron chi connectivity index (χ0n) is 18.0. The summed E-state index contributed by atoms with van der Waals surface area (Å²) >= 11 is 1.98. The molecule has 0 aliphatic heterocycles. The number of nitrogens with two attached hydrogens (primary N) is 1. The number of pyridine rings is 2. The second kappa shape index (κ2) is 9.71. The van der Waals surface area contributed by atoms with Crippen molar-refractivity contribution in [3.63, 3.8) is 0 Å². The Balaban J connectivity index is 1.79. The van der Waals surface area contributed by atoms with Crippen LogP contribution in [0.3, 0.4) is 0 Å². The first kappa shape index (κ1) is 24.7. The molecule has 4 aromatic rings. The highest BCUT2D eigenvalue weighted by Gasteiger charge is 2.20. The molecule has 0 unspecified atom stereocenters. The highest BCUT2D eigenvalue weighted by Crippen LogP contribution is 2.29. The largest absolute Gasteiger partial charge is 0.365 e. The number of carbonyl (C=O) groups is 1. The van der Waals surface area contributed by atoms with Crippen LogP contribution in [-0.4, -0.2) is 35.7 Å². The summed E-state index contributed by atoms with van der Waals surface area (Å²) in [6.07, 6.45) is 4.12.